The first-order chi connectivity index (χ1) is 10.5. The summed E-state index contributed by atoms with van der Waals surface area (Å²) in [6, 6.07) is 7.27. The van der Waals surface area contributed by atoms with Gasteiger partial charge in [-0.25, -0.2) is 4.79 Å². The van der Waals surface area contributed by atoms with Crippen molar-refractivity contribution in [2.45, 2.75) is 43.4 Å². The molecule has 4 nitrogen and oxygen atoms in total. The van der Waals surface area contributed by atoms with Gasteiger partial charge in [0.2, 0.25) is 0 Å². The number of fused-ring (bicyclic) bond motifs is 2. The monoisotopic (exact) mass is 319 g/mol. The quantitative estimate of drug-likeness (QED) is 0.748. The van der Waals surface area contributed by atoms with E-state index in [1.54, 1.807) is 17.0 Å². The van der Waals surface area contributed by atoms with Crippen molar-refractivity contribution >= 4 is 17.7 Å². The van der Waals surface area contributed by atoms with Gasteiger partial charge in [-0.1, -0.05) is 29.5 Å². The molecule has 1 N–H and O–H groups in total. The molecule has 2 saturated heterocycles. The number of hydrogen-bond donors (Lipinski definition) is 1. The lowest BCUT2D eigenvalue weighted by Crippen LogP contribution is -2.52. The second-order valence-electron chi connectivity index (χ2n) is 5.96. The summed E-state index contributed by atoms with van der Waals surface area (Å²) < 4.78 is 4.84. The second-order valence-corrected chi connectivity index (χ2v) is 6.40. The Morgan fingerprint density at radius 2 is 2.09 bits per heavy atom. The van der Waals surface area contributed by atoms with E-state index in [1.165, 1.54) is 7.11 Å². The molecule has 0 saturated carbocycles. The van der Waals surface area contributed by atoms with E-state index in [0.29, 0.717) is 17.9 Å². The predicted molar refractivity (Wildman–Crippen MR) is 83.6 cm³/mol. The maximum Gasteiger partial charge on any atom is 0.409 e. The lowest BCUT2D eigenvalue weighted by Gasteiger charge is -2.40. The minimum Gasteiger partial charge on any atom is -0.453 e. The number of rotatable bonds is 0. The van der Waals surface area contributed by atoms with Crippen LogP contribution in [0.4, 0.5) is 4.79 Å². The fourth-order valence-corrected chi connectivity index (χ4v) is 3.68. The highest BCUT2D eigenvalue weighted by molar-refractivity contribution is 6.30. The van der Waals surface area contributed by atoms with Gasteiger partial charge in [-0.3, -0.25) is 0 Å². The van der Waals surface area contributed by atoms with Crippen LogP contribution >= 0.6 is 11.6 Å². The molecule has 0 aromatic heterocycles. The van der Waals surface area contributed by atoms with Crippen LogP contribution in [0.1, 0.15) is 31.2 Å². The first kappa shape index (κ1) is 15.2. The van der Waals surface area contributed by atoms with Crippen molar-refractivity contribution < 1.29 is 14.6 Å². The van der Waals surface area contributed by atoms with E-state index in [-0.39, 0.29) is 18.2 Å². The van der Waals surface area contributed by atoms with Crippen LogP contribution in [0.3, 0.4) is 0 Å². The van der Waals surface area contributed by atoms with E-state index in [2.05, 4.69) is 11.8 Å². The fraction of sp³-hybridized carbons (Fsp3) is 0.471. The minimum atomic E-state index is -1.06. The third-order valence-electron chi connectivity index (χ3n) is 4.42. The number of carbonyl (C=O) groups is 1. The summed E-state index contributed by atoms with van der Waals surface area (Å²) in [4.78, 5) is 13.6. The highest BCUT2D eigenvalue weighted by Gasteiger charge is 2.49. The summed E-state index contributed by atoms with van der Waals surface area (Å²) in [7, 11) is 1.39. The third-order valence-corrected chi connectivity index (χ3v) is 4.65. The molecule has 2 aliphatic heterocycles. The SMILES string of the molecule is COC(=O)N1[C@@H]2CC[C@@H]1CC(O)(C#Cc1cccc(Cl)c1)C2. The summed E-state index contributed by atoms with van der Waals surface area (Å²) >= 11 is 5.94. The standard InChI is InChI=1S/C17H18ClNO3/c1-22-16(20)19-14-5-6-15(19)11-17(21,10-14)8-7-12-3-2-4-13(18)9-12/h2-4,9,14-15,21H,5-6,10-11H2,1H3/t14-,15-/m1/s1. The number of aliphatic hydroxyl groups is 1. The number of piperidine rings is 1. The minimum absolute atomic E-state index is 0.00450. The van der Waals surface area contributed by atoms with E-state index in [0.717, 1.165) is 18.4 Å². The molecule has 1 aromatic rings. The molecule has 0 aliphatic carbocycles. The van der Waals surface area contributed by atoms with E-state index in [9.17, 15) is 9.90 Å². The lowest BCUT2D eigenvalue weighted by molar-refractivity contribution is -0.00730. The molecular weight excluding hydrogens is 302 g/mol. The highest BCUT2D eigenvalue weighted by atomic mass is 35.5. The summed E-state index contributed by atoms with van der Waals surface area (Å²) in [5.74, 6) is 5.99. The Balaban J connectivity index is 1.78. The Kier molecular flexibility index (Phi) is 4.03. The zero-order valence-corrected chi connectivity index (χ0v) is 13.1. The smallest absolute Gasteiger partial charge is 0.409 e. The number of benzene rings is 1. The predicted octanol–water partition coefficient (Wildman–Crippen LogP) is 2.82. The molecular formula is C17H18ClNO3. The number of nitrogens with zero attached hydrogens (tertiary/aromatic N) is 1. The van der Waals surface area contributed by atoms with E-state index in [4.69, 9.17) is 16.3 Å². The van der Waals surface area contributed by atoms with Gasteiger partial charge in [-0.15, -0.1) is 0 Å². The van der Waals surface area contributed by atoms with Gasteiger partial charge in [0.25, 0.3) is 0 Å². The average Bonchev–Trinajstić information content (AvgIpc) is 2.78. The molecule has 1 aromatic carbocycles. The molecule has 2 bridgehead atoms. The van der Waals surface area contributed by atoms with Crippen molar-refractivity contribution in [3.05, 3.63) is 34.9 Å². The van der Waals surface area contributed by atoms with Gasteiger partial charge in [0.15, 0.2) is 0 Å². The zero-order valence-electron chi connectivity index (χ0n) is 12.4. The van der Waals surface area contributed by atoms with Crippen molar-refractivity contribution in [2.24, 2.45) is 0 Å². The number of carbonyl (C=O) groups excluding carboxylic acids is 1. The summed E-state index contributed by atoms with van der Waals surface area (Å²) in [5, 5.41) is 11.4. The Bertz CT molecular complexity index is 635. The zero-order chi connectivity index (χ0) is 15.7. The van der Waals surface area contributed by atoms with Crippen LogP contribution in [0.5, 0.6) is 0 Å². The van der Waals surface area contributed by atoms with Crippen LogP contribution in [-0.4, -0.2) is 40.9 Å². The summed E-state index contributed by atoms with van der Waals surface area (Å²) in [6.45, 7) is 0. The number of amides is 1. The molecule has 0 spiro atoms. The van der Waals surface area contributed by atoms with Gasteiger partial charge in [0.1, 0.15) is 5.60 Å². The molecule has 5 heteroatoms. The largest absolute Gasteiger partial charge is 0.453 e. The molecule has 2 heterocycles. The van der Waals surface area contributed by atoms with Crippen LogP contribution in [-0.2, 0) is 4.74 Å². The number of hydrogen-bond acceptors (Lipinski definition) is 3. The van der Waals surface area contributed by atoms with Crippen LogP contribution in [0.25, 0.3) is 0 Å². The summed E-state index contributed by atoms with van der Waals surface area (Å²) in [6.07, 6.45) is 2.40. The normalized spacial score (nSPS) is 29.7. The third kappa shape index (κ3) is 2.92. The Morgan fingerprint density at radius 1 is 1.41 bits per heavy atom. The van der Waals surface area contributed by atoms with Gasteiger partial charge in [-0.05, 0) is 31.0 Å². The number of methoxy groups -OCH3 is 1. The molecule has 2 atom stereocenters. The van der Waals surface area contributed by atoms with Crippen molar-refractivity contribution in [1.29, 1.82) is 0 Å². The van der Waals surface area contributed by atoms with Crippen LogP contribution < -0.4 is 0 Å². The van der Waals surface area contributed by atoms with Crippen molar-refractivity contribution in [3.63, 3.8) is 0 Å². The molecule has 2 aliphatic rings. The molecule has 116 valence electrons. The van der Waals surface area contributed by atoms with Crippen LogP contribution in [0, 0.1) is 11.8 Å². The summed E-state index contributed by atoms with van der Waals surface area (Å²) in [5.41, 5.74) is -0.276. The van der Waals surface area contributed by atoms with Gasteiger partial charge in [-0.2, -0.15) is 0 Å². The van der Waals surface area contributed by atoms with Gasteiger partial charge < -0.3 is 14.7 Å². The first-order valence-corrected chi connectivity index (χ1v) is 7.76. The molecule has 0 radical (unpaired) electrons. The maximum atomic E-state index is 11.8. The Hall–Kier alpha value is -1.70. The Labute approximate surface area is 135 Å². The van der Waals surface area contributed by atoms with Gasteiger partial charge in [0, 0.05) is 35.5 Å². The van der Waals surface area contributed by atoms with Crippen molar-refractivity contribution in [2.75, 3.05) is 7.11 Å². The average molecular weight is 320 g/mol. The molecule has 2 fully saturated rings. The van der Waals surface area contributed by atoms with Gasteiger partial charge in [0.05, 0.1) is 7.11 Å². The maximum absolute atomic E-state index is 11.8. The molecule has 3 rings (SSSR count). The van der Waals surface area contributed by atoms with Crippen LogP contribution in [0.15, 0.2) is 24.3 Å². The fourth-order valence-electron chi connectivity index (χ4n) is 3.49. The molecule has 1 amide bonds. The highest BCUT2D eigenvalue weighted by Crippen LogP contribution is 2.40. The van der Waals surface area contributed by atoms with Crippen molar-refractivity contribution in [3.8, 4) is 11.8 Å². The number of ether oxygens (including phenoxy) is 1. The van der Waals surface area contributed by atoms with Crippen LogP contribution in [0.2, 0.25) is 5.02 Å². The first-order valence-electron chi connectivity index (χ1n) is 7.38. The van der Waals surface area contributed by atoms with E-state index >= 15 is 0 Å². The lowest BCUT2D eigenvalue weighted by atomic mass is 9.86. The Morgan fingerprint density at radius 3 is 2.68 bits per heavy atom. The topological polar surface area (TPSA) is 49.8 Å². The van der Waals surface area contributed by atoms with E-state index < -0.39 is 5.60 Å². The molecule has 0 unspecified atom stereocenters. The van der Waals surface area contributed by atoms with E-state index in [1.807, 2.05) is 12.1 Å². The second kappa shape index (κ2) is 5.83. The van der Waals surface area contributed by atoms with Crippen molar-refractivity contribution in [1.82, 2.24) is 4.90 Å². The molecule has 22 heavy (non-hydrogen) atoms. The number of halogens is 1. The van der Waals surface area contributed by atoms with Gasteiger partial charge >= 0.3 is 6.09 Å².